The first-order chi connectivity index (χ1) is 10.0. The van der Waals surface area contributed by atoms with Crippen LogP contribution in [0.5, 0.6) is 11.5 Å². The third-order valence-electron chi connectivity index (χ3n) is 3.13. The van der Waals surface area contributed by atoms with Crippen molar-refractivity contribution in [2.24, 2.45) is 0 Å². The topological polar surface area (TPSA) is 86.5 Å². The Bertz CT molecular complexity index is 714. The summed E-state index contributed by atoms with van der Waals surface area (Å²) in [4.78, 5) is 16.1. The molecule has 1 aliphatic rings. The lowest BCUT2D eigenvalue weighted by Gasteiger charge is -2.07. The molecule has 2 heterocycles. The Balaban J connectivity index is 1.87. The molecule has 0 spiro atoms. The fourth-order valence-electron chi connectivity index (χ4n) is 2.14. The predicted molar refractivity (Wildman–Crippen MR) is 78.1 cm³/mol. The van der Waals surface area contributed by atoms with Gasteiger partial charge in [0.1, 0.15) is 5.69 Å². The molecule has 0 radical (unpaired) electrons. The van der Waals surface area contributed by atoms with Gasteiger partial charge in [-0.1, -0.05) is 0 Å². The first-order valence-electron chi connectivity index (χ1n) is 6.29. The molecule has 0 bridgehead atoms. The highest BCUT2D eigenvalue weighted by atomic mass is 32.1. The van der Waals surface area contributed by atoms with Crippen molar-refractivity contribution in [3.05, 3.63) is 37.8 Å². The molecular formula is C13H13N3O4S. The smallest absolute Gasteiger partial charge is 0.296 e. The molecule has 1 aliphatic heterocycles. The van der Waals surface area contributed by atoms with Crippen molar-refractivity contribution in [2.75, 3.05) is 12.1 Å². The zero-order chi connectivity index (χ0) is 15.0. The van der Waals surface area contributed by atoms with Gasteiger partial charge in [0.05, 0.1) is 28.2 Å². The highest BCUT2D eigenvalue weighted by Crippen LogP contribution is 2.40. The van der Waals surface area contributed by atoms with Crippen LogP contribution < -0.4 is 14.8 Å². The number of nitro groups is 1. The van der Waals surface area contributed by atoms with E-state index in [1.807, 2.05) is 13.8 Å². The number of nitrogens with one attached hydrogen (secondary N) is 1. The van der Waals surface area contributed by atoms with Gasteiger partial charge in [-0.2, -0.15) is 0 Å². The van der Waals surface area contributed by atoms with E-state index >= 15 is 0 Å². The van der Waals surface area contributed by atoms with E-state index in [1.165, 1.54) is 6.07 Å². The third-order valence-corrected chi connectivity index (χ3v) is 4.20. The fraction of sp³-hybridized carbons (Fsp3) is 0.308. The molecule has 21 heavy (non-hydrogen) atoms. The summed E-state index contributed by atoms with van der Waals surface area (Å²) in [6.45, 7) is 4.43. The lowest BCUT2D eigenvalue weighted by molar-refractivity contribution is -0.384. The van der Waals surface area contributed by atoms with Crippen molar-refractivity contribution >= 4 is 22.7 Å². The zero-order valence-corrected chi connectivity index (χ0v) is 12.3. The number of anilines is 1. The van der Waals surface area contributed by atoms with E-state index in [1.54, 1.807) is 17.4 Å². The Hall–Kier alpha value is -2.35. The van der Waals surface area contributed by atoms with Gasteiger partial charge >= 0.3 is 0 Å². The standard InChI is InChI=1S/C13H13N3O4S/c1-7-13(21-8(2)15-7)5-14-9-3-11-12(20-6-19-11)4-10(9)16(17)18/h3-4,14H,5-6H2,1-2H3. The van der Waals surface area contributed by atoms with Crippen LogP contribution in [0.25, 0.3) is 0 Å². The molecule has 110 valence electrons. The minimum atomic E-state index is -0.435. The molecule has 1 N–H and O–H groups in total. The number of aryl methyl sites for hydroxylation is 2. The number of hydrogen-bond donors (Lipinski definition) is 1. The van der Waals surface area contributed by atoms with Gasteiger partial charge in [-0.15, -0.1) is 11.3 Å². The summed E-state index contributed by atoms with van der Waals surface area (Å²) in [6, 6.07) is 2.99. The lowest BCUT2D eigenvalue weighted by Crippen LogP contribution is -2.02. The van der Waals surface area contributed by atoms with Gasteiger partial charge in [-0.25, -0.2) is 4.98 Å². The molecule has 0 saturated carbocycles. The predicted octanol–water partition coefficient (Wildman–Crippen LogP) is 3.01. The van der Waals surface area contributed by atoms with Crippen LogP contribution in [0.15, 0.2) is 12.1 Å². The van der Waals surface area contributed by atoms with Crippen molar-refractivity contribution in [3.63, 3.8) is 0 Å². The first-order valence-corrected chi connectivity index (χ1v) is 7.11. The number of rotatable bonds is 4. The van der Waals surface area contributed by atoms with E-state index in [0.29, 0.717) is 23.7 Å². The van der Waals surface area contributed by atoms with Gasteiger partial charge in [-0.05, 0) is 13.8 Å². The van der Waals surface area contributed by atoms with Crippen molar-refractivity contribution in [1.29, 1.82) is 0 Å². The fourth-order valence-corrected chi connectivity index (χ4v) is 3.01. The van der Waals surface area contributed by atoms with Crippen molar-refractivity contribution in [2.45, 2.75) is 20.4 Å². The summed E-state index contributed by atoms with van der Waals surface area (Å²) < 4.78 is 10.4. The number of benzene rings is 1. The summed E-state index contributed by atoms with van der Waals surface area (Å²) in [5.41, 5.74) is 1.32. The van der Waals surface area contributed by atoms with E-state index in [-0.39, 0.29) is 12.5 Å². The lowest BCUT2D eigenvalue weighted by atomic mass is 10.2. The minimum Gasteiger partial charge on any atom is -0.454 e. The normalized spacial score (nSPS) is 12.5. The molecule has 0 saturated heterocycles. The van der Waals surface area contributed by atoms with E-state index in [4.69, 9.17) is 9.47 Å². The summed E-state index contributed by atoms with van der Waals surface area (Å²) in [6.07, 6.45) is 0. The van der Waals surface area contributed by atoms with E-state index in [0.717, 1.165) is 15.6 Å². The Morgan fingerprint density at radius 1 is 1.38 bits per heavy atom. The van der Waals surface area contributed by atoms with Gasteiger partial charge in [-0.3, -0.25) is 10.1 Å². The van der Waals surface area contributed by atoms with Crippen LogP contribution in [-0.2, 0) is 6.54 Å². The monoisotopic (exact) mass is 307 g/mol. The molecule has 2 aromatic rings. The van der Waals surface area contributed by atoms with Crippen LogP contribution in [0.4, 0.5) is 11.4 Å². The van der Waals surface area contributed by atoms with Gasteiger partial charge in [0.25, 0.3) is 5.69 Å². The Labute approximate surface area is 124 Å². The Kier molecular flexibility index (Phi) is 3.38. The minimum absolute atomic E-state index is 0.0295. The number of fused-ring (bicyclic) bond motifs is 1. The molecular weight excluding hydrogens is 294 g/mol. The number of nitro benzene ring substituents is 1. The summed E-state index contributed by atoms with van der Waals surface area (Å²) in [7, 11) is 0. The number of ether oxygens (including phenoxy) is 2. The summed E-state index contributed by atoms with van der Waals surface area (Å²) in [5.74, 6) is 0.914. The highest BCUT2D eigenvalue weighted by Gasteiger charge is 2.23. The third kappa shape index (κ3) is 2.62. The van der Waals surface area contributed by atoms with E-state index < -0.39 is 4.92 Å². The maximum absolute atomic E-state index is 11.2. The molecule has 0 fully saturated rings. The zero-order valence-electron chi connectivity index (χ0n) is 11.5. The van der Waals surface area contributed by atoms with Crippen molar-refractivity contribution in [1.82, 2.24) is 4.98 Å². The largest absolute Gasteiger partial charge is 0.454 e. The van der Waals surface area contributed by atoms with E-state index in [9.17, 15) is 10.1 Å². The van der Waals surface area contributed by atoms with E-state index in [2.05, 4.69) is 10.3 Å². The van der Waals surface area contributed by atoms with Crippen LogP contribution in [-0.4, -0.2) is 16.7 Å². The second kappa shape index (κ2) is 5.21. The van der Waals surface area contributed by atoms with Crippen LogP contribution in [0.3, 0.4) is 0 Å². The van der Waals surface area contributed by atoms with Crippen LogP contribution in [0, 0.1) is 24.0 Å². The molecule has 3 rings (SSSR count). The average molecular weight is 307 g/mol. The quantitative estimate of drug-likeness (QED) is 0.690. The maximum Gasteiger partial charge on any atom is 0.296 e. The Morgan fingerprint density at radius 2 is 2.10 bits per heavy atom. The molecule has 1 aromatic carbocycles. The number of thiazole rings is 1. The molecule has 0 aliphatic carbocycles. The van der Waals surface area contributed by atoms with Crippen LogP contribution in [0.2, 0.25) is 0 Å². The number of aromatic nitrogens is 1. The van der Waals surface area contributed by atoms with Crippen molar-refractivity contribution < 1.29 is 14.4 Å². The van der Waals surface area contributed by atoms with Gasteiger partial charge < -0.3 is 14.8 Å². The summed E-state index contributed by atoms with van der Waals surface area (Å²) >= 11 is 1.57. The summed E-state index contributed by atoms with van der Waals surface area (Å²) in [5, 5.41) is 15.2. The van der Waals surface area contributed by atoms with Crippen LogP contribution in [0.1, 0.15) is 15.6 Å². The van der Waals surface area contributed by atoms with Crippen LogP contribution >= 0.6 is 11.3 Å². The maximum atomic E-state index is 11.2. The first kappa shape index (κ1) is 13.6. The number of nitrogens with zero attached hydrogens (tertiary/aromatic N) is 2. The molecule has 1 aromatic heterocycles. The molecule has 7 nitrogen and oxygen atoms in total. The van der Waals surface area contributed by atoms with Gasteiger partial charge in [0.2, 0.25) is 6.79 Å². The SMILES string of the molecule is Cc1nc(C)c(CNc2cc3c(cc2[N+](=O)[O-])OCO3)s1. The molecule has 0 atom stereocenters. The van der Waals surface area contributed by atoms with Gasteiger partial charge in [0.15, 0.2) is 11.5 Å². The highest BCUT2D eigenvalue weighted by molar-refractivity contribution is 7.11. The second-order valence-electron chi connectivity index (χ2n) is 4.57. The Morgan fingerprint density at radius 3 is 2.71 bits per heavy atom. The molecule has 0 amide bonds. The average Bonchev–Trinajstić information content (AvgIpc) is 3.00. The van der Waals surface area contributed by atoms with Gasteiger partial charge in [0, 0.05) is 10.9 Å². The molecule has 8 heteroatoms. The second-order valence-corrected chi connectivity index (χ2v) is 5.86. The molecule has 0 unspecified atom stereocenters. The van der Waals surface area contributed by atoms with Crippen molar-refractivity contribution in [3.8, 4) is 11.5 Å². The number of hydrogen-bond acceptors (Lipinski definition) is 7.